The number of rotatable bonds is 5. The lowest BCUT2D eigenvalue weighted by Gasteiger charge is -2.17. The van der Waals surface area contributed by atoms with E-state index in [0.29, 0.717) is 11.7 Å². The average Bonchev–Trinajstić information content (AvgIpc) is 2.44. The highest BCUT2D eigenvalue weighted by Gasteiger charge is 2.12. The Morgan fingerprint density at radius 2 is 2.00 bits per heavy atom. The molecule has 0 aliphatic heterocycles. The van der Waals surface area contributed by atoms with E-state index in [1.807, 2.05) is 44.2 Å². The molecule has 1 aromatic carbocycles. The second-order valence-electron chi connectivity index (χ2n) is 5.67. The lowest BCUT2D eigenvalue weighted by molar-refractivity contribution is -0.123. The zero-order valence-electron chi connectivity index (χ0n) is 13.0. The molecule has 0 unspecified atom stereocenters. The predicted octanol–water partition coefficient (Wildman–Crippen LogP) is 3.08. The minimum Gasteiger partial charge on any atom is -0.481 e. The zero-order valence-corrected chi connectivity index (χ0v) is 13.0. The summed E-state index contributed by atoms with van der Waals surface area (Å²) in [7, 11) is 0. The van der Waals surface area contributed by atoms with Crippen molar-refractivity contribution < 1.29 is 9.53 Å². The molecule has 0 spiro atoms. The molecule has 0 radical (unpaired) electrons. The number of carbonyl (C=O) groups is 1. The van der Waals surface area contributed by atoms with Crippen molar-refractivity contribution in [3.63, 3.8) is 0 Å². The van der Waals surface area contributed by atoms with Gasteiger partial charge in [0.15, 0.2) is 6.61 Å². The van der Waals surface area contributed by atoms with Gasteiger partial charge in [0.25, 0.3) is 5.91 Å². The van der Waals surface area contributed by atoms with Crippen molar-refractivity contribution in [2.24, 2.45) is 5.92 Å². The van der Waals surface area contributed by atoms with Crippen molar-refractivity contribution in [2.75, 3.05) is 6.61 Å². The third-order valence-corrected chi connectivity index (χ3v) is 3.57. The molecule has 2 rings (SSSR count). The molecule has 21 heavy (non-hydrogen) atoms. The van der Waals surface area contributed by atoms with Gasteiger partial charge in [-0.05, 0) is 31.9 Å². The van der Waals surface area contributed by atoms with Crippen molar-refractivity contribution in [2.45, 2.75) is 33.7 Å². The van der Waals surface area contributed by atoms with Crippen LogP contribution in [0.1, 0.15) is 26.5 Å². The SMILES string of the molecule is Cc1ccc2cccc(OCC(=O)N[C@H](C)C(C)C)c2n1. The Kier molecular flexibility index (Phi) is 4.78. The van der Waals surface area contributed by atoms with Gasteiger partial charge >= 0.3 is 0 Å². The number of nitrogens with zero attached hydrogens (tertiary/aromatic N) is 1. The lowest BCUT2D eigenvalue weighted by atomic mass is 10.1. The van der Waals surface area contributed by atoms with E-state index in [2.05, 4.69) is 24.1 Å². The summed E-state index contributed by atoms with van der Waals surface area (Å²) in [6, 6.07) is 9.83. The van der Waals surface area contributed by atoms with E-state index in [1.165, 1.54) is 0 Å². The number of aryl methyl sites for hydroxylation is 1. The maximum absolute atomic E-state index is 11.9. The first-order chi connectivity index (χ1) is 9.97. The van der Waals surface area contributed by atoms with Gasteiger partial charge in [0.1, 0.15) is 11.3 Å². The number of amides is 1. The van der Waals surface area contributed by atoms with Crippen molar-refractivity contribution in [3.8, 4) is 5.75 Å². The smallest absolute Gasteiger partial charge is 0.258 e. The number of hydrogen-bond donors (Lipinski definition) is 1. The molecule has 1 atom stereocenters. The van der Waals surface area contributed by atoms with Crippen LogP contribution < -0.4 is 10.1 Å². The topological polar surface area (TPSA) is 51.2 Å². The summed E-state index contributed by atoms with van der Waals surface area (Å²) < 4.78 is 5.64. The fraction of sp³-hybridized carbons (Fsp3) is 0.412. The number of carbonyl (C=O) groups excluding carboxylic acids is 1. The molecule has 0 aliphatic carbocycles. The second-order valence-corrected chi connectivity index (χ2v) is 5.67. The molecule has 4 nitrogen and oxygen atoms in total. The van der Waals surface area contributed by atoms with Crippen molar-refractivity contribution in [1.29, 1.82) is 0 Å². The third-order valence-electron chi connectivity index (χ3n) is 3.57. The number of para-hydroxylation sites is 1. The van der Waals surface area contributed by atoms with Gasteiger partial charge in [-0.2, -0.15) is 0 Å². The standard InChI is InChI=1S/C17H22N2O2/c1-11(2)13(4)19-16(20)10-21-15-7-5-6-14-9-8-12(3)18-17(14)15/h5-9,11,13H,10H2,1-4H3,(H,19,20)/t13-/m1/s1. The molecule has 2 aromatic rings. The highest BCUT2D eigenvalue weighted by atomic mass is 16.5. The largest absolute Gasteiger partial charge is 0.481 e. The Hall–Kier alpha value is -2.10. The minimum absolute atomic E-state index is 0.00575. The Morgan fingerprint density at radius 3 is 2.71 bits per heavy atom. The number of aromatic nitrogens is 1. The first-order valence-electron chi connectivity index (χ1n) is 7.26. The molecule has 0 aliphatic rings. The number of hydrogen-bond acceptors (Lipinski definition) is 3. The van der Waals surface area contributed by atoms with E-state index in [9.17, 15) is 4.79 Å². The second kappa shape index (κ2) is 6.57. The molecule has 0 bridgehead atoms. The molecule has 4 heteroatoms. The van der Waals surface area contributed by atoms with E-state index in [0.717, 1.165) is 16.6 Å². The van der Waals surface area contributed by atoms with E-state index >= 15 is 0 Å². The summed E-state index contributed by atoms with van der Waals surface area (Å²) >= 11 is 0. The van der Waals surface area contributed by atoms with Crippen LogP contribution in [0.25, 0.3) is 10.9 Å². The summed E-state index contributed by atoms with van der Waals surface area (Å²) in [6.45, 7) is 8.08. The fourth-order valence-electron chi connectivity index (χ4n) is 1.94. The van der Waals surface area contributed by atoms with Crippen molar-refractivity contribution in [3.05, 3.63) is 36.0 Å². The van der Waals surface area contributed by atoms with Crippen molar-refractivity contribution in [1.82, 2.24) is 10.3 Å². The molecule has 0 saturated carbocycles. The van der Waals surface area contributed by atoms with Crippen molar-refractivity contribution >= 4 is 16.8 Å². The number of pyridine rings is 1. The predicted molar refractivity (Wildman–Crippen MR) is 84.4 cm³/mol. The average molecular weight is 286 g/mol. The zero-order chi connectivity index (χ0) is 15.4. The quantitative estimate of drug-likeness (QED) is 0.919. The van der Waals surface area contributed by atoms with Crippen LogP contribution in [-0.2, 0) is 4.79 Å². The Morgan fingerprint density at radius 1 is 1.24 bits per heavy atom. The Balaban J connectivity index is 2.07. The van der Waals surface area contributed by atoms with Crippen LogP contribution in [0.4, 0.5) is 0 Å². The molecule has 112 valence electrons. The number of fused-ring (bicyclic) bond motifs is 1. The number of ether oxygens (including phenoxy) is 1. The highest BCUT2D eigenvalue weighted by molar-refractivity contribution is 5.85. The molecule has 1 amide bonds. The van der Waals surface area contributed by atoms with Gasteiger partial charge in [-0.1, -0.05) is 32.0 Å². The van der Waals surface area contributed by atoms with Gasteiger partial charge in [-0.15, -0.1) is 0 Å². The van der Waals surface area contributed by atoms with E-state index in [4.69, 9.17) is 4.74 Å². The first-order valence-corrected chi connectivity index (χ1v) is 7.26. The van der Waals surface area contributed by atoms with E-state index in [1.54, 1.807) is 0 Å². The first kappa shape index (κ1) is 15.3. The van der Waals surface area contributed by atoms with Crippen LogP contribution in [0.15, 0.2) is 30.3 Å². The summed E-state index contributed by atoms with van der Waals surface area (Å²) in [5.74, 6) is 0.931. The van der Waals surface area contributed by atoms with Gasteiger partial charge in [0.2, 0.25) is 0 Å². The summed E-state index contributed by atoms with van der Waals surface area (Å²) in [5.41, 5.74) is 1.72. The summed E-state index contributed by atoms with van der Waals surface area (Å²) in [6.07, 6.45) is 0. The van der Waals surface area contributed by atoms with Gasteiger partial charge in [0.05, 0.1) is 0 Å². The maximum atomic E-state index is 11.9. The van der Waals surface area contributed by atoms with Crippen LogP contribution in [0.3, 0.4) is 0 Å². The van der Waals surface area contributed by atoms with Gasteiger partial charge in [-0.25, -0.2) is 4.98 Å². The third kappa shape index (κ3) is 3.94. The summed E-state index contributed by atoms with van der Waals surface area (Å²) in [5, 5.41) is 3.93. The maximum Gasteiger partial charge on any atom is 0.258 e. The Labute approximate surface area is 125 Å². The summed E-state index contributed by atoms with van der Waals surface area (Å²) in [4.78, 5) is 16.4. The van der Waals surface area contributed by atoms with Gasteiger partial charge in [0, 0.05) is 17.1 Å². The highest BCUT2D eigenvalue weighted by Crippen LogP contribution is 2.23. The molecular formula is C17H22N2O2. The minimum atomic E-state index is -0.110. The van der Waals surface area contributed by atoms with Crippen LogP contribution in [0, 0.1) is 12.8 Å². The van der Waals surface area contributed by atoms with Crippen LogP contribution in [0.5, 0.6) is 5.75 Å². The van der Waals surface area contributed by atoms with Gasteiger partial charge < -0.3 is 10.1 Å². The lowest BCUT2D eigenvalue weighted by Crippen LogP contribution is -2.38. The molecular weight excluding hydrogens is 264 g/mol. The van der Waals surface area contributed by atoms with Crippen LogP contribution >= 0.6 is 0 Å². The molecule has 1 N–H and O–H groups in total. The van der Waals surface area contributed by atoms with E-state index in [-0.39, 0.29) is 18.6 Å². The van der Waals surface area contributed by atoms with Crippen LogP contribution in [0.2, 0.25) is 0 Å². The molecule has 0 fully saturated rings. The fourth-order valence-corrected chi connectivity index (χ4v) is 1.94. The molecule has 1 heterocycles. The number of benzene rings is 1. The monoisotopic (exact) mass is 286 g/mol. The number of nitrogens with one attached hydrogen (secondary N) is 1. The molecule has 0 saturated heterocycles. The van der Waals surface area contributed by atoms with E-state index < -0.39 is 0 Å². The van der Waals surface area contributed by atoms with Crippen LogP contribution in [-0.4, -0.2) is 23.5 Å². The Bertz CT molecular complexity index is 638. The normalized spacial score (nSPS) is 12.4. The molecule has 1 aromatic heterocycles. The van der Waals surface area contributed by atoms with Gasteiger partial charge in [-0.3, -0.25) is 4.79 Å².